The Morgan fingerprint density at radius 3 is 2.46 bits per heavy atom. The van der Waals surface area contributed by atoms with E-state index in [4.69, 9.17) is 16.3 Å². The highest BCUT2D eigenvalue weighted by atomic mass is 35.5. The zero-order valence-corrected chi connectivity index (χ0v) is 16.8. The van der Waals surface area contributed by atoms with Crippen LogP contribution in [0, 0.1) is 0 Å². The van der Waals surface area contributed by atoms with Gasteiger partial charge in [0.2, 0.25) is 11.8 Å². The molecule has 2 aliphatic heterocycles. The van der Waals surface area contributed by atoms with Gasteiger partial charge in [-0.15, -0.1) is 0 Å². The average Bonchev–Trinajstić information content (AvgIpc) is 3.14. The molecular formula is C20H26ClN3O4. The van der Waals surface area contributed by atoms with Gasteiger partial charge in [0.25, 0.3) is 5.91 Å². The molecule has 3 amide bonds. The van der Waals surface area contributed by atoms with Crippen LogP contribution in [0.5, 0.6) is 5.75 Å². The van der Waals surface area contributed by atoms with E-state index in [-0.39, 0.29) is 30.4 Å². The summed E-state index contributed by atoms with van der Waals surface area (Å²) in [5, 5.41) is 3.37. The van der Waals surface area contributed by atoms with E-state index in [9.17, 15) is 14.4 Å². The first-order valence-electron chi connectivity index (χ1n) is 9.74. The molecule has 1 aromatic rings. The number of carbonyl (C=O) groups excluding carboxylic acids is 3. The van der Waals surface area contributed by atoms with Gasteiger partial charge in [0.15, 0.2) is 6.61 Å². The first-order chi connectivity index (χ1) is 13.5. The molecule has 2 heterocycles. The molecule has 2 saturated heterocycles. The maximum absolute atomic E-state index is 12.7. The van der Waals surface area contributed by atoms with Crippen LogP contribution >= 0.6 is 11.6 Å². The Hall–Kier alpha value is -2.28. The summed E-state index contributed by atoms with van der Waals surface area (Å²) in [4.78, 5) is 40.2. The fourth-order valence-corrected chi connectivity index (χ4v) is 3.91. The van der Waals surface area contributed by atoms with Crippen molar-refractivity contribution >= 4 is 29.3 Å². The lowest BCUT2D eigenvalue weighted by Gasteiger charge is -2.39. The molecular weight excluding hydrogens is 382 g/mol. The van der Waals surface area contributed by atoms with E-state index in [1.165, 1.54) is 0 Å². The Kier molecular flexibility index (Phi) is 6.78. The van der Waals surface area contributed by atoms with Crippen LogP contribution in [0.1, 0.15) is 32.6 Å². The fourth-order valence-electron chi connectivity index (χ4n) is 3.79. The van der Waals surface area contributed by atoms with Crippen LogP contribution in [0.25, 0.3) is 0 Å². The van der Waals surface area contributed by atoms with Crippen LogP contribution in [0.2, 0.25) is 5.02 Å². The normalized spacial score (nSPS) is 20.0. The Labute approximate surface area is 169 Å². The van der Waals surface area contributed by atoms with Crippen molar-refractivity contribution in [1.82, 2.24) is 15.1 Å². The molecule has 1 unspecified atom stereocenters. The topological polar surface area (TPSA) is 79.0 Å². The monoisotopic (exact) mass is 407 g/mol. The fraction of sp³-hybridized carbons (Fsp3) is 0.550. The zero-order chi connectivity index (χ0) is 20.1. The molecule has 3 rings (SSSR count). The Morgan fingerprint density at radius 2 is 1.89 bits per heavy atom. The second-order valence-electron chi connectivity index (χ2n) is 7.14. The predicted molar refractivity (Wildman–Crippen MR) is 105 cm³/mol. The van der Waals surface area contributed by atoms with Crippen molar-refractivity contribution in [2.24, 2.45) is 0 Å². The third kappa shape index (κ3) is 4.95. The Morgan fingerprint density at radius 1 is 1.21 bits per heavy atom. The number of piperidine rings is 1. The standard InChI is InChI=1S/C20H26ClN3O4/c1-2-24(20(27)17-7-8-18(25)22-17)15-9-11-23(12-10-15)19(26)13-28-16-5-3-14(21)4-6-16/h3-6,15,17H,2,7-13H2,1H3,(H,22,25). The molecule has 152 valence electrons. The second kappa shape index (κ2) is 9.28. The molecule has 0 bridgehead atoms. The number of likely N-dealkylation sites (tertiary alicyclic amines) is 1. The molecule has 7 nitrogen and oxygen atoms in total. The largest absolute Gasteiger partial charge is 0.484 e. The van der Waals surface area contributed by atoms with Crippen LogP contribution in [-0.2, 0) is 14.4 Å². The highest BCUT2D eigenvalue weighted by molar-refractivity contribution is 6.30. The summed E-state index contributed by atoms with van der Waals surface area (Å²) < 4.78 is 5.53. The van der Waals surface area contributed by atoms with Crippen molar-refractivity contribution in [2.45, 2.75) is 44.7 Å². The van der Waals surface area contributed by atoms with Crippen LogP contribution in [0.3, 0.4) is 0 Å². The first-order valence-corrected chi connectivity index (χ1v) is 10.1. The molecule has 0 saturated carbocycles. The van der Waals surface area contributed by atoms with Crippen molar-refractivity contribution in [3.63, 3.8) is 0 Å². The van der Waals surface area contributed by atoms with Crippen molar-refractivity contribution in [2.75, 3.05) is 26.2 Å². The third-order valence-electron chi connectivity index (χ3n) is 5.35. The lowest BCUT2D eigenvalue weighted by Crippen LogP contribution is -2.53. The number of nitrogens with one attached hydrogen (secondary N) is 1. The number of hydrogen-bond donors (Lipinski definition) is 1. The van der Waals surface area contributed by atoms with Crippen molar-refractivity contribution in [3.05, 3.63) is 29.3 Å². The number of amides is 3. The SMILES string of the molecule is CCN(C(=O)C1CCC(=O)N1)C1CCN(C(=O)COc2ccc(Cl)cc2)CC1. The van der Waals surface area contributed by atoms with Gasteiger partial charge in [0, 0.05) is 37.1 Å². The summed E-state index contributed by atoms with van der Waals surface area (Å²) in [6.07, 6.45) is 2.43. The Balaban J connectivity index is 1.47. The number of ether oxygens (including phenoxy) is 1. The van der Waals surface area contributed by atoms with E-state index in [0.29, 0.717) is 43.2 Å². The van der Waals surface area contributed by atoms with Gasteiger partial charge < -0.3 is 19.9 Å². The summed E-state index contributed by atoms with van der Waals surface area (Å²) >= 11 is 5.84. The molecule has 0 aliphatic carbocycles. The maximum atomic E-state index is 12.7. The summed E-state index contributed by atoms with van der Waals surface area (Å²) in [5.41, 5.74) is 0. The van der Waals surface area contributed by atoms with Gasteiger partial charge in [-0.05, 0) is 50.5 Å². The summed E-state index contributed by atoms with van der Waals surface area (Å²) in [7, 11) is 0. The number of nitrogens with zero attached hydrogens (tertiary/aromatic N) is 2. The van der Waals surface area contributed by atoms with Gasteiger partial charge in [-0.25, -0.2) is 0 Å². The van der Waals surface area contributed by atoms with Gasteiger partial charge >= 0.3 is 0 Å². The molecule has 1 N–H and O–H groups in total. The minimum Gasteiger partial charge on any atom is -0.484 e. The molecule has 1 aromatic carbocycles. The van der Waals surface area contributed by atoms with E-state index in [2.05, 4.69) is 5.32 Å². The van der Waals surface area contributed by atoms with Crippen LogP contribution in [0.15, 0.2) is 24.3 Å². The molecule has 8 heteroatoms. The summed E-state index contributed by atoms with van der Waals surface area (Å²) in [6, 6.07) is 6.59. The van der Waals surface area contributed by atoms with Gasteiger partial charge in [-0.2, -0.15) is 0 Å². The number of carbonyl (C=O) groups is 3. The molecule has 0 aromatic heterocycles. The molecule has 1 atom stereocenters. The van der Waals surface area contributed by atoms with Gasteiger partial charge in [0.05, 0.1) is 0 Å². The minimum absolute atomic E-state index is 0.0100. The number of halogens is 1. The average molecular weight is 408 g/mol. The maximum Gasteiger partial charge on any atom is 0.260 e. The molecule has 2 fully saturated rings. The zero-order valence-electron chi connectivity index (χ0n) is 16.0. The third-order valence-corrected chi connectivity index (χ3v) is 5.60. The first kappa shape index (κ1) is 20.5. The predicted octanol–water partition coefficient (Wildman–Crippen LogP) is 1.84. The van der Waals surface area contributed by atoms with Crippen LogP contribution in [0.4, 0.5) is 0 Å². The molecule has 0 spiro atoms. The quantitative estimate of drug-likeness (QED) is 0.780. The smallest absolute Gasteiger partial charge is 0.260 e. The molecule has 0 radical (unpaired) electrons. The lowest BCUT2D eigenvalue weighted by molar-refractivity contribution is -0.139. The van der Waals surface area contributed by atoms with E-state index in [1.54, 1.807) is 29.2 Å². The number of benzene rings is 1. The molecule has 28 heavy (non-hydrogen) atoms. The van der Waals surface area contributed by atoms with E-state index in [1.807, 2.05) is 11.8 Å². The minimum atomic E-state index is -0.403. The van der Waals surface area contributed by atoms with Gasteiger partial charge in [0.1, 0.15) is 11.8 Å². The van der Waals surface area contributed by atoms with Crippen molar-refractivity contribution < 1.29 is 19.1 Å². The number of likely N-dealkylation sites (N-methyl/N-ethyl adjacent to an activating group) is 1. The summed E-state index contributed by atoms with van der Waals surface area (Å²) in [6.45, 7) is 3.72. The number of rotatable bonds is 6. The van der Waals surface area contributed by atoms with Crippen molar-refractivity contribution in [3.8, 4) is 5.75 Å². The van der Waals surface area contributed by atoms with E-state index < -0.39 is 6.04 Å². The number of hydrogen-bond acceptors (Lipinski definition) is 4. The Bertz CT molecular complexity index is 717. The molecule has 2 aliphatic rings. The van der Waals surface area contributed by atoms with Crippen LogP contribution in [-0.4, -0.2) is 65.8 Å². The second-order valence-corrected chi connectivity index (χ2v) is 7.57. The van der Waals surface area contributed by atoms with Crippen molar-refractivity contribution in [1.29, 1.82) is 0 Å². The van der Waals surface area contributed by atoms with Crippen LogP contribution < -0.4 is 10.1 Å². The lowest BCUT2D eigenvalue weighted by atomic mass is 10.0. The highest BCUT2D eigenvalue weighted by Crippen LogP contribution is 2.20. The van der Waals surface area contributed by atoms with E-state index >= 15 is 0 Å². The summed E-state index contributed by atoms with van der Waals surface area (Å²) in [5.74, 6) is 0.472. The highest BCUT2D eigenvalue weighted by Gasteiger charge is 2.35. The van der Waals surface area contributed by atoms with Gasteiger partial charge in [-0.1, -0.05) is 11.6 Å². The van der Waals surface area contributed by atoms with E-state index in [0.717, 1.165) is 12.8 Å². The van der Waals surface area contributed by atoms with Gasteiger partial charge in [-0.3, -0.25) is 14.4 Å².